The molecule has 84 valence electrons. The number of hydrogen-bond donors (Lipinski definition) is 0. The van der Waals surface area contributed by atoms with Gasteiger partial charge >= 0.3 is 5.97 Å². The maximum Gasteiger partial charge on any atom is 0.357 e. The minimum Gasteiger partial charge on any atom is -0.464 e. The van der Waals surface area contributed by atoms with E-state index in [2.05, 4.69) is 9.72 Å². The van der Waals surface area contributed by atoms with Crippen molar-refractivity contribution >= 4 is 5.97 Å². The molecule has 1 rings (SSSR count). The average molecular weight is 230 g/mol. The molecule has 0 aliphatic carbocycles. The van der Waals surface area contributed by atoms with Crippen molar-refractivity contribution in [2.24, 2.45) is 0 Å². The number of methoxy groups -OCH3 is 1. The highest BCUT2D eigenvalue weighted by atomic mass is 19.3. The first-order valence-corrected chi connectivity index (χ1v) is 3.98. The van der Waals surface area contributed by atoms with Gasteiger partial charge in [-0.25, -0.2) is 18.6 Å². The summed E-state index contributed by atoms with van der Waals surface area (Å²) in [7, 11) is 0.941. The standard InChI is InChI=1S/C9H5F3N2O2/c1-16-9(15)7-6(8(11)12)4(3-13)2-5(10)14-7/h2,8H,1H3. The van der Waals surface area contributed by atoms with Crippen LogP contribution in [-0.4, -0.2) is 18.1 Å². The Hall–Kier alpha value is -2.10. The lowest BCUT2D eigenvalue weighted by Crippen LogP contribution is -2.12. The fourth-order valence-corrected chi connectivity index (χ4v) is 1.09. The third kappa shape index (κ3) is 2.11. The number of carbonyl (C=O) groups excluding carboxylic acids is 1. The Morgan fingerprint density at radius 3 is 2.69 bits per heavy atom. The highest BCUT2D eigenvalue weighted by Crippen LogP contribution is 2.26. The van der Waals surface area contributed by atoms with Gasteiger partial charge in [-0.2, -0.15) is 9.65 Å². The van der Waals surface area contributed by atoms with E-state index in [1.54, 1.807) is 0 Å². The van der Waals surface area contributed by atoms with E-state index in [0.717, 1.165) is 7.11 Å². The number of nitrogens with zero attached hydrogens (tertiary/aromatic N) is 2. The molecule has 0 radical (unpaired) electrons. The number of halogens is 3. The van der Waals surface area contributed by atoms with Crippen molar-refractivity contribution in [3.05, 3.63) is 28.8 Å². The molecule has 1 aromatic heterocycles. The summed E-state index contributed by atoms with van der Waals surface area (Å²) >= 11 is 0. The summed E-state index contributed by atoms with van der Waals surface area (Å²) in [6, 6.07) is 1.90. The van der Waals surface area contributed by atoms with Crippen LogP contribution in [-0.2, 0) is 4.74 Å². The van der Waals surface area contributed by atoms with E-state index < -0.39 is 35.2 Å². The summed E-state index contributed by atoms with van der Waals surface area (Å²) < 4.78 is 42.2. The van der Waals surface area contributed by atoms with Gasteiger partial charge in [0.25, 0.3) is 6.43 Å². The lowest BCUT2D eigenvalue weighted by molar-refractivity contribution is 0.0579. The SMILES string of the molecule is COC(=O)c1nc(F)cc(C#N)c1C(F)F. The zero-order valence-electron chi connectivity index (χ0n) is 8.00. The molecule has 4 nitrogen and oxygen atoms in total. The first-order chi connectivity index (χ1) is 7.51. The zero-order valence-corrected chi connectivity index (χ0v) is 8.00. The number of hydrogen-bond acceptors (Lipinski definition) is 4. The molecular weight excluding hydrogens is 225 g/mol. The summed E-state index contributed by atoms with van der Waals surface area (Å²) in [5.74, 6) is -2.41. The number of rotatable bonds is 2. The van der Waals surface area contributed by atoms with Crippen LogP contribution in [0.4, 0.5) is 13.2 Å². The molecule has 0 saturated carbocycles. The molecule has 1 heterocycles. The van der Waals surface area contributed by atoms with Crippen molar-refractivity contribution in [3.8, 4) is 6.07 Å². The van der Waals surface area contributed by atoms with Crippen molar-refractivity contribution in [2.45, 2.75) is 6.43 Å². The lowest BCUT2D eigenvalue weighted by Gasteiger charge is -2.07. The molecule has 16 heavy (non-hydrogen) atoms. The predicted octanol–water partition coefficient (Wildman–Crippen LogP) is 1.82. The molecule has 0 aromatic carbocycles. The van der Waals surface area contributed by atoms with Crippen LogP contribution in [0.2, 0.25) is 0 Å². The number of ether oxygens (including phenoxy) is 1. The van der Waals surface area contributed by atoms with E-state index in [1.165, 1.54) is 6.07 Å². The van der Waals surface area contributed by atoms with E-state index >= 15 is 0 Å². The van der Waals surface area contributed by atoms with Crippen molar-refractivity contribution in [3.63, 3.8) is 0 Å². The fourth-order valence-electron chi connectivity index (χ4n) is 1.09. The van der Waals surface area contributed by atoms with Gasteiger partial charge in [0.1, 0.15) is 0 Å². The normalized spacial score (nSPS) is 10.0. The van der Waals surface area contributed by atoms with Crippen LogP contribution in [0.1, 0.15) is 28.0 Å². The molecule has 0 N–H and O–H groups in total. The van der Waals surface area contributed by atoms with Gasteiger partial charge in [-0.15, -0.1) is 0 Å². The molecular formula is C9H5F3N2O2. The lowest BCUT2D eigenvalue weighted by atomic mass is 10.1. The Morgan fingerprint density at radius 1 is 1.62 bits per heavy atom. The highest BCUT2D eigenvalue weighted by Gasteiger charge is 2.25. The van der Waals surface area contributed by atoms with Gasteiger partial charge in [0.05, 0.1) is 24.3 Å². The van der Waals surface area contributed by atoms with E-state index in [-0.39, 0.29) is 0 Å². The smallest absolute Gasteiger partial charge is 0.357 e. The van der Waals surface area contributed by atoms with E-state index in [0.29, 0.717) is 6.07 Å². The van der Waals surface area contributed by atoms with Crippen LogP contribution < -0.4 is 0 Å². The van der Waals surface area contributed by atoms with Crippen LogP contribution in [0.3, 0.4) is 0 Å². The van der Waals surface area contributed by atoms with E-state index in [1.807, 2.05) is 0 Å². The Morgan fingerprint density at radius 2 is 2.25 bits per heavy atom. The second kappa shape index (κ2) is 4.61. The molecule has 0 bridgehead atoms. The first kappa shape index (κ1) is 12.0. The predicted molar refractivity (Wildman–Crippen MR) is 45.2 cm³/mol. The summed E-state index contributed by atoms with van der Waals surface area (Å²) in [5, 5.41) is 8.54. The van der Waals surface area contributed by atoms with Gasteiger partial charge in [-0.3, -0.25) is 0 Å². The summed E-state index contributed by atoms with van der Waals surface area (Å²) in [6.45, 7) is 0. The van der Waals surface area contributed by atoms with Crippen molar-refractivity contribution in [2.75, 3.05) is 7.11 Å². The van der Waals surface area contributed by atoms with Crippen molar-refractivity contribution in [1.29, 1.82) is 5.26 Å². The molecule has 0 fully saturated rings. The number of aromatic nitrogens is 1. The van der Waals surface area contributed by atoms with Gasteiger partial charge in [-0.05, 0) is 0 Å². The molecule has 0 spiro atoms. The molecule has 0 saturated heterocycles. The van der Waals surface area contributed by atoms with E-state index in [9.17, 15) is 18.0 Å². The maximum absolute atomic E-state index is 12.8. The van der Waals surface area contributed by atoms with Crippen LogP contribution in [0.5, 0.6) is 0 Å². The van der Waals surface area contributed by atoms with Crippen LogP contribution >= 0.6 is 0 Å². The number of carbonyl (C=O) groups is 1. The number of nitriles is 1. The quantitative estimate of drug-likeness (QED) is 0.574. The van der Waals surface area contributed by atoms with E-state index in [4.69, 9.17) is 5.26 Å². The Balaban J connectivity index is 3.52. The summed E-state index contributed by atoms with van der Waals surface area (Å²) in [6.07, 6.45) is -3.11. The second-order valence-electron chi connectivity index (χ2n) is 2.66. The fraction of sp³-hybridized carbons (Fsp3) is 0.222. The monoisotopic (exact) mass is 230 g/mol. The largest absolute Gasteiger partial charge is 0.464 e. The molecule has 0 atom stereocenters. The van der Waals surface area contributed by atoms with Crippen molar-refractivity contribution in [1.82, 2.24) is 4.98 Å². The number of alkyl halides is 2. The molecule has 0 unspecified atom stereocenters. The van der Waals surface area contributed by atoms with Gasteiger partial charge in [0, 0.05) is 6.07 Å². The molecule has 0 amide bonds. The van der Waals surface area contributed by atoms with Crippen molar-refractivity contribution < 1.29 is 22.7 Å². The zero-order chi connectivity index (χ0) is 12.3. The van der Waals surface area contributed by atoms with Crippen LogP contribution in [0.25, 0.3) is 0 Å². The highest BCUT2D eigenvalue weighted by molar-refractivity contribution is 5.89. The summed E-state index contributed by atoms with van der Waals surface area (Å²) in [5.41, 5.74) is -2.44. The average Bonchev–Trinajstić information content (AvgIpc) is 2.26. The minimum atomic E-state index is -3.11. The van der Waals surface area contributed by atoms with Gasteiger partial charge in [0.15, 0.2) is 5.69 Å². The van der Waals surface area contributed by atoms with Gasteiger partial charge in [0.2, 0.25) is 5.95 Å². The second-order valence-corrected chi connectivity index (χ2v) is 2.66. The molecule has 1 aromatic rings. The van der Waals surface area contributed by atoms with Crippen LogP contribution in [0, 0.1) is 17.3 Å². The molecule has 0 aliphatic rings. The minimum absolute atomic E-state index is 0.536. The number of esters is 1. The summed E-state index contributed by atoms with van der Waals surface area (Å²) in [4.78, 5) is 14.1. The third-order valence-corrected chi connectivity index (χ3v) is 1.74. The van der Waals surface area contributed by atoms with Crippen LogP contribution in [0.15, 0.2) is 6.07 Å². The number of pyridine rings is 1. The van der Waals surface area contributed by atoms with Gasteiger partial charge < -0.3 is 4.74 Å². The molecule has 0 aliphatic heterocycles. The topological polar surface area (TPSA) is 63.0 Å². The Kier molecular flexibility index (Phi) is 3.45. The third-order valence-electron chi connectivity index (χ3n) is 1.74. The first-order valence-electron chi connectivity index (χ1n) is 3.98. The Labute approximate surface area is 88.3 Å². The van der Waals surface area contributed by atoms with Gasteiger partial charge in [-0.1, -0.05) is 0 Å². The Bertz CT molecular complexity index is 469. The molecule has 7 heteroatoms. The maximum atomic E-state index is 12.8.